The van der Waals surface area contributed by atoms with Crippen LogP contribution in [0.15, 0.2) is 28.7 Å². The third kappa shape index (κ3) is 4.08. The molecule has 25 heavy (non-hydrogen) atoms. The molecule has 4 N–H and O–H groups in total. The molecule has 1 aliphatic rings. The number of phenols is 1. The number of carbonyl (C=O) groups excluding carboxylic acids is 1. The summed E-state index contributed by atoms with van der Waals surface area (Å²) in [6.07, 6.45) is 3.70. The average Bonchev–Trinajstić information content (AvgIpc) is 2.94. The van der Waals surface area contributed by atoms with E-state index in [1.807, 2.05) is 13.0 Å². The molecule has 1 aliphatic carbocycles. The zero-order valence-corrected chi connectivity index (χ0v) is 15.5. The van der Waals surface area contributed by atoms with Gasteiger partial charge in [0.15, 0.2) is 15.6 Å². The molecule has 7 nitrogen and oxygen atoms in total. The fourth-order valence-electron chi connectivity index (χ4n) is 2.57. The van der Waals surface area contributed by atoms with E-state index in [1.165, 1.54) is 19.1 Å². The number of aliphatic hydroxyl groups is 1. The molecule has 1 aromatic carbocycles. The number of phenolic OH excluding ortho intramolecular Hbond substituents is 1. The van der Waals surface area contributed by atoms with Gasteiger partial charge in [-0.05, 0) is 38.8 Å². The molecular formula is C16H21ClN2O5S. The summed E-state index contributed by atoms with van der Waals surface area (Å²) in [4.78, 5) is 11.6. The predicted molar refractivity (Wildman–Crippen MR) is 95.8 cm³/mol. The number of carbonyl (C=O) groups is 1. The Morgan fingerprint density at radius 1 is 1.44 bits per heavy atom. The van der Waals surface area contributed by atoms with Crippen LogP contribution in [0.25, 0.3) is 0 Å². The first-order valence-corrected chi connectivity index (χ1v) is 9.71. The van der Waals surface area contributed by atoms with Crippen LogP contribution in [0.4, 0.5) is 10.5 Å². The van der Waals surface area contributed by atoms with Gasteiger partial charge in [0.25, 0.3) is 0 Å². The van der Waals surface area contributed by atoms with Gasteiger partial charge in [0, 0.05) is 0 Å². The van der Waals surface area contributed by atoms with E-state index in [4.69, 9.17) is 16.7 Å². The second kappa shape index (κ2) is 7.63. The van der Waals surface area contributed by atoms with E-state index in [1.54, 1.807) is 0 Å². The van der Waals surface area contributed by atoms with Crippen molar-refractivity contribution in [3.63, 3.8) is 0 Å². The summed E-state index contributed by atoms with van der Waals surface area (Å²) < 4.78 is 24.8. The van der Waals surface area contributed by atoms with E-state index in [0.717, 1.165) is 18.4 Å². The minimum absolute atomic E-state index is 0.0785. The number of rotatable bonds is 5. The smallest absolute Gasteiger partial charge is 0.319 e. The molecule has 0 spiro atoms. The third-order valence-corrected chi connectivity index (χ3v) is 6.80. The van der Waals surface area contributed by atoms with E-state index in [0.29, 0.717) is 0 Å². The molecule has 0 fully saturated rings. The van der Waals surface area contributed by atoms with Crippen molar-refractivity contribution < 1.29 is 23.4 Å². The number of halogens is 1. The van der Waals surface area contributed by atoms with Crippen LogP contribution in [0.2, 0.25) is 5.02 Å². The molecule has 2 amide bonds. The summed E-state index contributed by atoms with van der Waals surface area (Å²) in [7, 11) is -4.05. The number of benzene rings is 1. The number of hydrogen-bond donors (Lipinski definition) is 4. The standard InChI is InChI=1S/C16H21ClN2O5S/c1-9-4-3-5-12(9)18-16(22)19-13-7-6-11(17)15(14(13)21)25(23,24)10(2)8-20/h4,6-7,10,12,20-21H,3,5,8H2,1-2H3,(H2,18,19,22). The van der Waals surface area contributed by atoms with Crippen molar-refractivity contribution in [3.05, 3.63) is 28.8 Å². The fraction of sp³-hybridized carbons (Fsp3) is 0.438. The maximum Gasteiger partial charge on any atom is 0.319 e. The van der Waals surface area contributed by atoms with Crippen LogP contribution >= 0.6 is 11.6 Å². The molecule has 138 valence electrons. The maximum atomic E-state index is 12.4. The first-order chi connectivity index (χ1) is 11.7. The molecular weight excluding hydrogens is 368 g/mol. The van der Waals surface area contributed by atoms with Crippen LogP contribution in [0.1, 0.15) is 26.7 Å². The molecule has 0 saturated carbocycles. The van der Waals surface area contributed by atoms with Crippen molar-refractivity contribution in [2.75, 3.05) is 11.9 Å². The summed E-state index contributed by atoms with van der Waals surface area (Å²) >= 11 is 5.92. The highest BCUT2D eigenvalue weighted by atomic mass is 35.5. The number of sulfone groups is 1. The van der Waals surface area contributed by atoms with Crippen molar-refractivity contribution in [2.24, 2.45) is 0 Å². The largest absolute Gasteiger partial charge is 0.504 e. The number of allylic oxidation sites excluding steroid dienone is 1. The van der Waals surface area contributed by atoms with Crippen molar-refractivity contribution in [3.8, 4) is 5.75 Å². The van der Waals surface area contributed by atoms with Gasteiger partial charge < -0.3 is 20.8 Å². The number of nitrogens with one attached hydrogen (secondary N) is 2. The van der Waals surface area contributed by atoms with Crippen LogP contribution in [0.5, 0.6) is 5.75 Å². The Kier molecular flexibility index (Phi) is 5.97. The van der Waals surface area contributed by atoms with Crippen molar-refractivity contribution in [1.82, 2.24) is 5.32 Å². The van der Waals surface area contributed by atoms with E-state index in [-0.39, 0.29) is 16.8 Å². The van der Waals surface area contributed by atoms with Gasteiger partial charge in [-0.2, -0.15) is 0 Å². The normalized spacial score (nSPS) is 18.6. The zero-order valence-electron chi connectivity index (χ0n) is 13.9. The van der Waals surface area contributed by atoms with Crippen molar-refractivity contribution in [2.45, 2.75) is 42.9 Å². The van der Waals surface area contributed by atoms with Gasteiger partial charge >= 0.3 is 6.03 Å². The predicted octanol–water partition coefficient (Wildman–Crippen LogP) is 2.43. The molecule has 2 unspecified atom stereocenters. The van der Waals surface area contributed by atoms with Crippen LogP contribution in [-0.4, -0.2) is 42.6 Å². The van der Waals surface area contributed by atoms with Crippen molar-refractivity contribution in [1.29, 1.82) is 0 Å². The van der Waals surface area contributed by atoms with Gasteiger partial charge in [0.1, 0.15) is 4.90 Å². The second-order valence-electron chi connectivity index (χ2n) is 5.99. The fourth-order valence-corrected chi connectivity index (χ4v) is 4.36. The molecule has 0 aromatic heterocycles. The molecule has 9 heteroatoms. The summed E-state index contributed by atoms with van der Waals surface area (Å²) in [5.41, 5.74) is 0.973. The van der Waals surface area contributed by atoms with Gasteiger partial charge in [0.05, 0.1) is 28.6 Å². The molecule has 0 bridgehead atoms. The van der Waals surface area contributed by atoms with Crippen LogP contribution in [-0.2, 0) is 9.84 Å². The molecule has 1 aromatic rings. The molecule has 0 radical (unpaired) electrons. The lowest BCUT2D eigenvalue weighted by molar-refractivity contribution is 0.249. The molecule has 2 atom stereocenters. The van der Waals surface area contributed by atoms with Gasteiger partial charge in [-0.15, -0.1) is 0 Å². The first-order valence-electron chi connectivity index (χ1n) is 7.78. The van der Waals surface area contributed by atoms with Gasteiger partial charge in [0.2, 0.25) is 0 Å². The SMILES string of the molecule is CC1=CCCC1NC(=O)Nc1ccc(Cl)c(S(=O)(=O)C(C)CO)c1O. The highest BCUT2D eigenvalue weighted by molar-refractivity contribution is 7.92. The van der Waals surface area contributed by atoms with Crippen LogP contribution < -0.4 is 10.6 Å². The number of aliphatic hydroxyl groups excluding tert-OH is 1. The third-order valence-electron chi connectivity index (χ3n) is 4.18. The Morgan fingerprint density at radius 2 is 2.12 bits per heavy atom. The van der Waals surface area contributed by atoms with Crippen molar-refractivity contribution >= 4 is 33.2 Å². The number of hydrogen-bond acceptors (Lipinski definition) is 5. The van der Waals surface area contributed by atoms with E-state index in [9.17, 15) is 18.3 Å². The van der Waals surface area contributed by atoms with Gasteiger partial charge in [-0.3, -0.25) is 0 Å². The highest BCUT2D eigenvalue weighted by Gasteiger charge is 2.30. The van der Waals surface area contributed by atoms with Crippen LogP contribution in [0.3, 0.4) is 0 Å². The minimum Gasteiger partial charge on any atom is -0.504 e. The van der Waals surface area contributed by atoms with E-state index in [2.05, 4.69) is 10.6 Å². The number of aromatic hydroxyl groups is 1. The average molecular weight is 389 g/mol. The summed E-state index contributed by atoms with van der Waals surface area (Å²) in [5, 5.41) is 23.3. The monoisotopic (exact) mass is 388 g/mol. The second-order valence-corrected chi connectivity index (χ2v) is 8.70. The first kappa shape index (κ1) is 19.6. The Balaban J connectivity index is 2.27. The molecule has 0 heterocycles. The van der Waals surface area contributed by atoms with Gasteiger partial charge in [-0.25, -0.2) is 13.2 Å². The Morgan fingerprint density at radius 3 is 2.68 bits per heavy atom. The molecule has 0 aliphatic heterocycles. The summed E-state index contributed by atoms with van der Waals surface area (Å²) in [6.45, 7) is 2.59. The summed E-state index contributed by atoms with van der Waals surface area (Å²) in [6, 6.07) is 1.94. The lowest BCUT2D eigenvalue weighted by atomic mass is 10.2. The molecule has 2 rings (SSSR count). The quantitative estimate of drug-likeness (QED) is 0.456. The zero-order chi connectivity index (χ0) is 18.8. The van der Waals surface area contributed by atoms with Gasteiger partial charge in [-0.1, -0.05) is 23.3 Å². The molecule has 0 saturated heterocycles. The lowest BCUT2D eigenvalue weighted by Crippen LogP contribution is -2.37. The Bertz CT molecular complexity index is 807. The number of urea groups is 1. The number of amides is 2. The minimum atomic E-state index is -4.05. The topological polar surface area (TPSA) is 116 Å². The van der Waals surface area contributed by atoms with E-state index < -0.39 is 38.4 Å². The highest BCUT2D eigenvalue weighted by Crippen LogP contribution is 2.38. The Hall–Kier alpha value is -1.77. The summed E-state index contributed by atoms with van der Waals surface area (Å²) in [5.74, 6) is -0.651. The number of anilines is 1. The van der Waals surface area contributed by atoms with E-state index >= 15 is 0 Å². The Labute approximate surface area is 151 Å². The maximum absolute atomic E-state index is 12.4. The lowest BCUT2D eigenvalue weighted by Gasteiger charge is -2.18. The van der Waals surface area contributed by atoms with Crippen LogP contribution in [0, 0.1) is 0 Å².